The van der Waals surface area contributed by atoms with Crippen molar-refractivity contribution in [2.45, 2.75) is 185 Å². The molecule has 0 aromatic heterocycles. The number of halogens is 1. The van der Waals surface area contributed by atoms with Crippen LogP contribution in [0.4, 0.5) is 10.5 Å². The Labute approximate surface area is 505 Å². The summed E-state index contributed by atoms with van der Waals surface area (Å²) >= 11 is 6.86. The summed E-state index contributed by atoms with van der Waals surface area (Å²) in [6.07, 6.45) is 9.75. The summed E-state index contributed by atoms with van der Waals surface area (Å²) in [5.41, 5.74) is 6.47. The summed E-state index contributed by atoms with van der Waals surface area (Å²) in [4.78, 5) is 109. The minimum atomic E-state index is -1.86. The number of epoxide rings is 1. The number of carbonyl (C=O) groups is 8. The fourth-order valence-corrected chi connectivity index (χ4v) is 13.9. The van der Waals surface area contributed by atoms with Crippen molar-refractivity contribution in [3.63, 3.8) is 0 Å². The van der Waals surface area contributed by atoms with Crippen molar-refractivity contribution in [1.82, 2.24) is 20.5 Å². The molecule has 8 atom stereocenters. The number of hydrogen-bond acceptors (Lipinski definition) is 16. The van der Waals surface area contributed by atoms with E-state index in [1.54, 1.807) is 40.0 Å². The van der Waals surface area contributed by atoms with E-state index >= 15 is 0 Å². The number of amides is 6. The fourth-order valence-electron chi connectivity index (χ4n) is 11.2. The Balaban J connectivity index is 0.918. The van der Waals surface area contributed by atoms with Crippen LogP contribution in [0, 0.1) is 12.8 Å². The maximum atomic E-state index is 14.4. The van der Waals surface area contributed by atoms with Gasteiger partial charge in [0, 0.05) is 94.0 Å². The highest BCUT2D eigenvalue weighted by Crippen LogP contribution is 2.49. The maximum absolute atomic E-state index is 14.4. The minimum Gasteiger partial charge on any atom is -0.457 e. The minimum absolute atomic E-state index is 0.0744. The molecule has 0 radical (unpaired) electrons. The lowest BCUT2D eigenvalue weighted by atomic mass is 9.83. The summed E-state index contributed by atoms with van der Waals surface area (Å²) in [6.45, 7) is 13.1. The van der Waals surface area contributed by atoms with E-state index in [1.165, 1.54) is 62.6 Å². The molecule has 19 nitrogen and oxygen atoms in total. The molecule has 3 N–H and O–H groups in total. The van der Waals surface area contributed by atoms with Crippen LogP contribution in [0.3, 0.4) is 0 Å². The van der Waals surface area contributed by atoms with Crippen LogP contribution in [0.1, 0.15) is 140 Å². The third kappa shape index (κ3) is 16.8. The molecule has 4 aliphatic heterocycles. The molecule has 84 heavy (non-hydrogen) atoms. The lowest BCUT2D eigenvalue weighted by molar-refractivity contribution is -0.162. The summed E-state index contributed by atoms with van der Waals surface area (Å²) in [6, 6.07) is 8.72. The van der Waals surface area contributed by atoms with E-state index < -0.39 is 70.4 Å². The second kappa shape index (κ2) is 28.6. The Kier molecular flexibility index (Phi) is 22.3. The zero-order valence-electron chi connectivity index (χ0n) is 49.9. The molecule has 0 spiro atoms. The number of aryl methyl sites for hydroxylation is 2. The molecule has 7 rings (SSSR count). The number of ether oxygens (including phenoxy) is 4. The van der Waals surface area contributed by atoms with Crippen molar-refractivity contribution < 1.29 is 62.4 Å². The second-order valence-corrected chi connectivity index (χ2v) is 27.1. The van der Waals surface area contributed by atoms with Gasteiger partial charge in [-0.2, -0.15) is 5.10 Å². The molecule has 2 aromatic carbocycles. The molecule has 456 valence electrons. The molecule has 2 fully saturated rings. The van der Waals surface area contributed by atoms with Gasteiger partial charge < -0.3 is 33.9 Å². The van der Waals surface area contributed by atoms with Crippen molar-refractivity contribution in [2.24, 2.45) is 11.0 Å². The van der Waals surface area contributed by atoms with Gasteiger partial charge in [-0.15, -0.1) is 0 Å². The van der Waals surface area contributed by atoms with Crippen molar-refractivity contribution in [3.8, 4) is 0 Å². The number of hydrazone groups is 1. The van der Waals surface area contributed by atoms with E-state index in [1.807, 2.05) is 58.0 Å². The largest absolute Gasteiger partial charge is 0.457 e. The molecular weight excluding hydrogens is 1140 g/mol. The summed E-state index contributed by atoms with van der Waals surface area (Å²) in [5.74, 6) is -2.42. The monoisotopic (exact) mass is 1220 g/mol. The van der Waals surface area contributed by atoms with Crippen LogP contribution in [-0.2, 0) is 71.8 Å². The van der Waals surface area contributed by atoms with Crippen LogP contribution in [0.15, 0.2) is 71.4 Å². The Morgan fingerprint density at radius 1 is 1.04 bits per heavy atom. The Morgan fingerprint density at radius 2 is 1.76 bits per heavy atom. The zero-order valence-corrected chi connectivity index (χ0v) is 52.3. The molecule has 2 saturated heterocycles. The first-order valence-corrected chi connectivity index (χ1v) is 31.5. The Hall–Kier alpha value is -5.84. The van der Waals surface area contributed by atoms with Crippen molar-refractivity contribution in [1.29, 1.82) is 0 Å². The topological polar surface area (TPSA) is 243 Å². The number of aliphatic hydroxyl groups is 1. The predicted octanol–water partition coefficient (Wildman–Crippen LogP) is 8.60. The van der Waals surface area contributed by atoms with Gasteiger partial charge >= 0.3 is 12.1 Å². The summed E-state index contributed by atoms with van der Waals surface area (Å²) in [5, 5.41) is 19.4. The van der Waals surface area contributed by atoms with Gasteiger partial charge in [-0.3, -0.25) is 39.0 Å². The molecular formula is C62H81ClN6O13S2. The lowest BCUT2D eigenvalue weighted by Crippen LogP contribution is -2.63. The van der Waals surface area contributed by atoms with Crippen LogP contribution in [0.2, 0.25) is 5.02 Å². The van der Waals surface area contributed by atoms with Gasteiger partial charge in [0.2, 0.25) is 17.7 Å². The number of nitrogens with one attached hydrogen (secondary N) is 2. The molecule has 2 aromatic rings. The summed E-state index contributed by atoms with van der Waals surface area (Å²) < 4.78 is 23.4. The van der Waals surface area contributed by atoms with Crippen LogP contribution in [0.25, 0.3) is 0 Å². The van der Waals surface area contributed by atoms with Crippen LogP contribution < -0.4 is 15.6 Å². The Morgan fingerprint density at radius 3 is 2.49 bits per heavy atom. The average molecular weight is 1220 g/mol. The number of allylic oxidation sites excluding steroid dienone is 3. The van der Waals surface area contributed by atoms with E-state index in [2.05, 4.69) is 21.9 Å². The number of anilines is 1. The van der Waals surface area contributed by atoms with E-state index in [0.717, 1.165) is 64.8 Å². The SMILES string of the molecule is CO[C@@H]1/C=C/C=C(\C)Cc2cc(C)c(Cl)c(c2)N(C)C(=O)C[C@H](OC(=O)[C@H](C)N(C)C(=O)CCSSC(C)(C)CC(=O)N/N=C2/CCCCc3cc(CC(=O)CCCCCN4C(=O)C=CC4=O)ccc32)[C@]2(C)O[C@H]2[C@H](C)[C@@H]2C[C@@]1(O)NC(=O)O2. The van der Waals surface area contributed by atoms with Crippen molar-refractivity contribution in [2.75, 3.05) is 38.4 Å². The molecule has 0 unspecified atom stereocenters. The Bertz CT molecular complexity index is 2970. The van der Waals surface area contributed by atoms with Gasteiger partial charge in [0.15, 0.2) is 5.72 Å². The molecule has 4 heterocycles. The number of imide groups is 1. The first-order valence-electron chi connectivity index (χ1n) is 28.8. The molecule has 5 aliphatic rings. The van der Waals surface area contributed by atoms with Gasteiger partial charge in [-0.05, 0) is 115 Å². The lowest BCUT2D eigenvalue weighted by Gasteiger charge is -2.42. The number of carbonyl (C=O) groups excluding carboxylic acids is 8. The van der Waals surface area contributed by atoms with Gasteiger partial charge in [0.05, 0.1) is 28.9 Å². The standard InChI is InChI=1S/C62H81ClN6O13S2/c1-37-17-16-21-49(79-10)62(78)35-48(80-59(77)64-62)39(3)57-61(7,82-57)50(34-55(75)68(9)47-33-42(29-37)30-38(2)56(47)63)81-58(76)40(4)67(8)52(72)26-28-83-84-60(5,6)36-51(71)66-65-46-20-14-13-18-43-31-41(22-23-45(43)46)32-44(70)19-12-11-15-27-69-53(73)24-25-54(69)74/h16-17,21-25,30-31,33,39-40,48-50,57,78H,11-15,18-20,26-29,32,34-36H2,1-10H3,(H,64,77)(H,66,71)/b21-16+,37-17+,65-46-/t39-,40+,48+,49-,50+,57+,61+,62+/m1/s1. The fraction of sp³-hybridized carbons (Fsp3) is 0.565. The second-order valence-electron chi connectivity index (χ2n) is 23.6. The van der Waals surface area contributed by atoms with E-state index in [0.29, 0.717) is 61.5 Å². The predicted molar refractivity (Wildman–Crippen MR) is 324 cm³/mol. The van der Waals surface area contributed by atoms with Gasteiger partial charge in [-0.25, -0.2) is 15.0 Å². The quantitative estimate of drug-likeness (QED) is 0.0214. The number of esters is 1. The number of nitrogens with zero attached hydrogens (tertiary/aromatic N) is 4. The average Bonchev–Trinajstić information content (AvgIpc) is 1.72. The number of alkyl carbamates (subject to hydrolysis) is 1. The van der Waals surface area contributed by atoms with Gasteiger partial charge in [0.25, 0.3) is 11.8 Å². The third-order valence-electron chi connectivity index (χ3n) is 16.3. The molecule has 22 heteroatoms. The molecule has 4 bridgehead atoms. The van der Waals surface area contributed by atoms with Crippen molar-refractivity contribution in [3.05, 3.63) is 99.1 Å². The molecule has 1 aliphatic carbocycles. The number of benzene rings is 2. The zero-order chi connectivity index (χ0) is 61.3. The summed E-state index contributed by atoms with van der Waals surface area (Å²) in [7, 11) is 7.46. The van der Waals surface area contributed by atoms with Crippen LogP contribution >= 0.6 is 33.2 Å². The van der Waals surface area contributed by atoms with E-state index in [4.69, 9.17) is 30.5 Å². The molecule has 6 amide bonds. The van der Waals surface area contributed by atoms with E-state index in [9.17, 15) is 43.5 Å². The maximum Gasteiger partial charge on any atom is 0.409 e. The highest BCUT2D eigenvalue weighted by Gasteiger charge is 2.64. The van der Waals surface area contributed by atoms with Gasteiger partial charge in [-0.1, -0.05) is 94.6 Å². The first-order chi connectivity index (χ1) is 39.7. The van der Waals surface area contributed by atoms with E-state index in [-0.39, 0.29) is 55.1 Å². The van der Waals surface area contributed by atoms with Crippen LogP contribution in [0.5, 0.6) is 0 Å². The number of rotatable bonds is 20. The van der Waals surface area contributed by atoms with Gasteiger partial charge in [0.1, 0.15) is 35.7 Å². The number of Topliss-reactive ketones (excluding diaryl/α,β-unsaturated/α-hetero) is 1. The highest BCUT2D eigenvalue weighted by molar-refractivity contribution is 8.77. The number of methoxy groups -OCH3 is 1. The smallest absolute Gasteiger partial charge is 0.409 e. The van der Waals surface area contributed by atoms with Crippen molar-refractivity contribution >= 4 is 92.0 Å². The number of hydrogen-bond donors (Lipinski definition) is 3. The normalized spacial score (nSPS) is 26.5. The number of unbranched alkanes of at least 4 members (excludes halogenated alkanes) is 2. The number of ketones is 1. The first kappa shape index (κ1) is 65.7. The highest BCUT2D eigenvalue weighted by atomic mass is 35.5. The van der Waals surface area contributed by atoms with Crippen LogP contribution in [-0.4, -0.2) is 148 Å². The number of likely N-dealkylation sites (N-methyl/N-ethyl adjacent to an activating group) is 1. The third-order valence-corrected chi connectivity index (χ3v) is 20.1. The number of fused-ring (bicyclic) bond motifs is 6. The molecule has 0 saturated carbocycles.